The van der Waals surface area contributed by atoms with Crippen LogP contribution < -0.4 is 4.90 Å². The SMILES string of the molecule is [2H]c1c([2H])c(N(c2cccc3ccccc23)c2cccc3oc4c5ccccc5ccc4c23)c([2H])c([2H])c1-c1c([2H])c([2H])c([2H])c2c([2H])c([2H])c([2H])c([2H])c12. The fourth-order valence-corrected chi connectivity index (χ4v) is 6.04. The van der Waals surface area contributed by atoms with Crippen LogP contribution in [0.1, 0.15) is 15.1 Å². The van der Waals surface area contributed by atoms with Crippen LogP contribution >= 0.6 is 0 Å². The van der Waals surface area contributed by atoms with Crippen molar-refractivity contribution in [3.8, 4) is 11.1 Å². The van der Waals surface area contributed by atoms with E-state index in [2.05, 4.69) is 0 Å². The molecule has 0 saturated heterocycles. The molecular formula is C42H27NO. The first kappa shape index (κ1) is 16.1. The fourth-order valence-electron chi connectivity index (χ4n) is 6.04. The maximum atomic E-state index is 9.60. The minimum atomic E-state index is -0.670. The molecule has 0 aliphatic rings. The standard InChI is InChI=1S/C42H27NO/c1-4-15-33-28(10-1)13-7-18-34(33)31-22-25-32(26-23-31)43(38-19-8-14-29-11-2-5-16-35(29)38)39-20-9-21-40-41(39)37-27-24-30-12-3-6-17-36(30)42(37)44-40/h1-27H/i1D,4D,7D,10D,13D,15D,18D,22D,23D,25D,26D. The summed E-state index contributed by atoms with van der Waals surface area (Å²) in [4.78, 5) is 1.69. The predicted octanol–water partition coefficient (Wildman–Crippen LogP) is 12.2. The van der Waals surface area contributed by atoms with Crippen LogP contribution in [0.25, 0.3) is 65.4 Å². The number of fused-ring (bicyclic) bond motifs is 7. The Morgan fingerprint density at radius 3 is 2.07 bits per heavy atom. The third-order valence-electron chi connectivity index (χ3n) is 8.01. The van der Waals surface area contributed by atoms with Crippen LogP contribution in [0.15, 0.2) is 168 Å². The van der Waals surface area contributed by atoms with E-state index >= 15 is 0 Å². The molecule has 8 aromatic carbocycles. The summed E-state index contributed by atoms with van der Waals surface area (Å²) < 4.78 is 105. The average molecular weight is 573 g/mol. The van der Waals surface area contributed by atoms with E-state index in [9.17, 15) is 5.48 Å². The molecule has 0 saturated carbocycles. The fraction of sp³-hybridized carbons (Fsp3) is 0. The first-order valence-electron chi connectivity index (χ1n) is 19.6. The highest BCUT2D eigenvalue weighted by molar-refractivity contribution is 6.20. The molecule has 0 unspecified atom stereocenters. The van der Waals surface area contributed by atoms with Gasteiger partial charge in [0, 0.05) is 21.8 Å². The highest BCUT2D eigenvalue weighted by atomic mass is 16.3. The Labute approximate surface area is 270 Å². The van der Waals surface area contributed by atoms with Crippen molar-refractivity contribution in [3.05, 3.63) is 164 Å². The number of nitrogens with zero attached hydrogens (tertiary/aromatic N) is 1. The third kappa shape index (κ3) is 3.82. The molecule has 44 heavy (non-hydrogen) atoms. The summed E-state index contributed by atoms with van der Waals surface area (Å²) in [5, 5.41) is 4.31. The Balaban J connectivity index is 1.42. The highest BCUT2D eigenvalue weighted by Gasteiger charge is 2.21. The molecule has 2 nitrogen and oxygen atoms in total. The van der Waals surface area contributed by atoms with E-state index in [0.29, 0.717) is 27.9 Å². The van der Waals surface area contributed by atoms with Gasteiger partial charge in [0.1, 0.15) is 11.2 Å². The molecular weight excluding hydrogens is 534 g/mol. The second-order valence-electron chi connectivity index (χ2n) is 10.5. The Bertz CT molecular complexity index is 3100. The zero-order valence-electron chi connectivity index (χ0n) is 34.1. The van der Waals surface area contributed by atoms with Gasteiger partial charge < -0.3 is 9.32 Å². The Kier molecular flexibility index (Phi) is 3.61. The lowest BCUT2D eigenvalue weighted by atomic mass is 9.97. The molecule has 2 heteroatoms. The van der Waals surface area contributed by atoms with E-state index in [1.165, 1.54) is 0 Å². The number of hydrogen-bond acceptors (Lipinski definition) is 2. The summed E-state index contributed by atoms with van der Waals surface area (Å²) in [5.41, 5.74) is 1.36. The van der Waals surface area contributed by atoms with Crippen LogP contribution in [-0.2, 0) is 0 Å². The molecule has 0 fully saturated rings. The van der Waals surface area contributed by atoms with Crippen LogP contribution in [0.4, 0.5) is 17.1 Å². The van der Waals surface area contributed by atoms with Crippen LogP contribution in [-0.4, -0.2) is 0 Å². The molecule has 0 spiro atoms. The first-order chi connectivity index (χ1) is 26.4. The molecule has 9 rings (SSSR count). The molecule has 1 aromatic heterocycles. The number of rotatable bonds is 4. The summed E-state index contributed by atoms with van der Waals surface area (Å²) in [6.07, 6.45) is 0. The van der Waals surface area contributed by atoms with Crippen LogP contribution in [0, 0.1) is 0 Å². The Morgan fingerprint density at radius 1 is 0.477 bits per heavy atom. The lowest BCUT2D eigenvalue weighted by Crippen LogP contribution is -2.10. The van der Waals surface area contributed by atoms with Gasteiger partial charge in [0.2, 0.25) is 0 Å². The normalized spacial score (nSPS) is 15.1. The van der Waals surface area contributed by atoms with Crippen molar-refractivity contribution in [2.45, 2.75) is 0 Å². The lowest BCUT2D eigenvalue weighted by Gasteiger charge is -2.27. The largest absolute Gasteiger partial charge is 0.455 e. The van der Waals surface area contributed by atoms with Gasteiger partial charge >= 0.3 is 0 Å². The molecule has 0 N–H and O–H groups in total. The monoisotopic (exact) mass is 572 g/mol. The smallest absolute Gasteiger partial charge is 0.143 e. The molecule has 0 radical (unpaired) electrons. The van der Waals surface area contributed by atoms with Crippen LogP contribution in [0.2, 0.25) is 0 Å². The van der Waals surface area contributed by atoms with E-state index in [0.717, 1.165) is 26.9 Å². The second kappa shape index (κ2) is 9.86. The van der Waals surface area contributed by atoms with E-state index in [4.69, 9.17) is 14.0 Å². The number of anilines is 3. The summed E-state index contributed by atoms with van der Waals surface area (Å²) in [6, 6.07) is 23.9. The molecule has 0 amide bonds. The summed E-state index contributed by atoms with van der Waals surface area (Å²) in [5.74, 6) is 0. The zero-order valence-corrected chi connectivity index (χ0v) is 23.1. The van der Waals surface area contributed by atoms with Gasteiger partial charge in [0.05, 0.1) is 31.8 Å². The minimum absolute atomic E-state index is 0.112. The molecule has 0 aliphatic carbocycles. The molecule has 1 heterocycles. The van der Waals surface area contributed by atoms with Crippen molar-refractivity contribution in [1.82, 2.24) is 0 Å². The van der Waals surface area contributed by atoms with Crippen molar-refractivity contribution < 1.29 is 19.5 Å². The van der Waals surface area contributed by atoms with Gasteiger partial charge in [-0.2, -0.15) is 0 Å². The number of benzene rings is 8. The molecule has 9 aromatic rings. The summed E-state index contributed by atoms with van der Waals surface area (Å²) >= 11 is 0. The third-order valence-corrected chi connectivity index (χ3v) is 8.01. The summed E-state index contributed by atoms with van der Waals surface area (Å²) in [6.45, 7) is 0. The van der Waals surface area contributed by atoms with E-state index < -0.39 is 72.0 Å². The van der Waals surface area contributed by atoms with E-state index in [1.807, 2.05) is 91.0 Å². The highest BCUT2D eigenvalue weighted by Crippen LogP contribution is 2.46. The average Bonchev–Trinajstić information content (AvgIpc) is 3.60. The van der Waals surface area contributed by atoms with Crippen molar-refractivity contribution >= 4 is 71.3 Å². The van der Waals surface area contributed by atoms with Crippen molar-refractivity contribution in [3.63, 3.8) is 0 Å². The topological polar surface area (TPSA) is 16.4 Å². The van der Waals surface area contributed by atoms with E-state index in [1.54, 1.807) is 11.0 Å². The van der Waals surface area contributed by atoms with Crippen LogP contribution in [0.5, 0.6) is 0 Å². The lowest BCUT2D eigenvalue weighted by molar-refractivity contribution is 0.672. The van der Waals surface area contributed by atoms with Gasteiger partial charge in [0.15, 0.2) is 0 Å². The maximum Gasteiger partial charge on any atom is 0.143 e. The van der Waals surface area contributed by atoms with Gasteiger partial charge in [-0.1, -0.05) is 127 Å². The minimum Gasteiger partial charge on any atom is -0.455 e. The maximum absolute atomic E-state index is 9.60. The van der Waals surface area contributed by atoms with Crippen molar-refractivity contribution in [1.29, 1.82) is 0 Å². The van der Waals surface area contributed by atoms with Gasteiger partial charge in [-0.15, -0.1) is 0 Å². The van der Waals surface area contributed by atoms with Crippen molar-refractivity contribution in [2.24, 2.45) is 0 Å². The van der Waals surface area contributed by atoms with Gasteiger partial charge in [0.25, 0.3) is 0 Å². The molecule has 0 aliphatic heterocycles. The molecule has 0 atom stereocenters. The number of hydrogen-bond donors (Lipinski definition) is 0. The Hall–Kier alpha value is -5.86. The second-order valence-corrected chi connectivity index (χ2v) is 10.5. The quantitative estimate of drug-likeness (QED) is 0.209. The van der Waals surface area contributed by atoms with Crippen molar-refractivity contribution in [2.75, 3.05) is 4.90 Å². The van der Waals surface area contributed by atoms with Gasteiger partial charge in [-0.25, -0.2) is 0 Å². The summed E-state index contributed by atoms with van der Waals surface area (Å²) in [7, 11) is 0. The molecule has 206 valence electrons. The Morgan fingerprint density at radius 2 is 1.18 bits per heavy atom. The zero-order chi connectivity index (χ0) is 38.6. The van der Waals surface area contributed by atoms with Gasteiger partial charge in [-0.05, 0) is 69.0 Å². The molecule has 0 bridgehead atoms. The van der Waals surface area contributed by atoms with Crippen LogP contribution in [0.3, 0.4) is 0 Å². The number of furan rings is 1. The first-order valence-corrected chi connectivity index (χ1v) is 14.1. The predicted molar refractivity (Wildman–Crippen MR) is 186 cm³/mol. The van der Waals surface area contributed by atoms with E-state index in [-0.39, 0.29) is 22.0 Å². The van der Waals surface area contributed by atoms with Gasteiger partial charge in [-0.3, -0.25) is 0 Å².